The lowest BCUT2D eigenvalue weighted by Gasteiger charge is -2.40. The summed E-state index contributed by atoms with van der Waals surface area (Å²) in [5, 5.41) is 8.73. The lowest BCUT2D eigenvalue weighted by atomic mass is 9.73. The summed E-state index contributed by atoms with van der Waals surface area (Å²) >= 11 is 0. The van der Waals surface area contributed by atoms with E-state index in [0.29, 0.717) is 19.5 Å². The van der Waals surface area contributed by atoms with Gasteiger partial charge in [-0.1, -0.05) is 19.3 Å². The molecule has 0 aliphatic heterocycles. The predicted molar refractivity (Wildman–Crippen MR) is 78.3 cm³/mol. The minimum atomic E-state index is -0.813. The van der Waals surface area contributed by atoms with E-state index in [-0.39, 0.29) is 18.4 Å². The topological polar surface area (TPSA) is 83.6 Å². The first-order valence-corrected chi connectivity index (χ1v) is 7.66. The van der Waals surface area contributed by atoms with Gasteiger partial charge in [-0.2, -0.15) is 0 Å². The molecular formula is C15H28N2O3. The van der Waals surface area contributed by atoms with E-state index < -0.39 is 11.4 Å². The zero-order valence-electron chi connectivity index (χ0n) is 12.7. The number of amides is 1. The molecule has 0 bridgehead atoms. The van der Waals surface area contributed by atoms with E-state index in [2.05, 4.69) is 0 Å². The zero-order valence-corrected chi connectivity index (χ0v) is 12.7. The number of hydrogen-bond acceptors (Lipinski definition) is 3. The highest BCUT2D eigenvalue weighted by molar-refractivity contribution is 5.83. The molecule has 1 aliphatic rings. The average molecular weight is 284 g/mol. The van der Waals surface area contributed by atoms with Gasteiger partial charge in [-0.15, -0.1) is 0 Å². The highest BCUT2D eigenvalue weighted by Gasteiger charge is 2.41. The van der Waals surface area contributed by atoms with Gasteiger partial charge >= 0.3 is 5.97 Å². The third-order valence-corrected chi connectivity index (χ3v) is 4.33. The maximum atomic E-state index is 12.9. The maximum Gasteiger partial charge on any atom is 0.303 e. The lowest BCUT2D eigenvalue weighted by molar-refractivity contribution is -0.146. The van der Waals surface area contributed by atoms with Crippen molar-refractivity contribution in [1.82, 2.24) is 4.90 Å². The molecule has 1 aliphatic carbocycles. The van der Waals surface area contributed by atoms with Crippen molar-refractivity contribution in [3.05, 3.63) is 0 Å². The Morgan fingerprint density at radius 3 is 2.30 bits per heavy atom. The largest absolute Gasteiger partial charge is 0.481 e. The van der Waals surface area contributed by atoms with Gasteiger partial charge in [0.25, 0.3) is 0 Å². The van der Waals surface area contributed by atoms with E-state index in [4.69, 9.17) is 10.8 Å². The molecule has 1 fully saturated rings. The van der Waals surface area contributed by atoms with Gasteiger partial charge in [0.1, 0.15) is 0 Å². The van der Waals surface area contributed by atoms with Crippen LogP contribution in [0.2, 0.25) is 0 Å². The molecule has 0 atom stereocenters. The van der Waals surface area contributed by atoms with Crippen molar-refractivity contribution < 1.29 is 14.7 Å². The standard InChI is InChI=1S/C15H28N2O3/c1-12(2)17(10-6-7-13(18)19)14(20)15(11-16)8-4-3-5-9-15/h12H,3-11,16H2,1-2H3,(H,18,19). The van der Waals surface area contributed by atoms with Gasteiger partial charge in [0.05, 0.1) is 5.41 Å². The Labute approximate surface area is 121 Å². The second kappa shape index (κ2) is 7.62. The van der Waals surface area contributed by atoms with Crippen molar-refractivity contribution in [1.29, 1.82) is 0 Å². The van der Waals surface area contributed by atoms with Crippen molar-refractivity contribution in [2.45, 2.75) is 64.8 Å². The molecule has 0 aromatic rings. The number of carboxylic acids is 1. The first-order valence-electron chi connectivity index (χ1n) is 7.66. The SMILES string of the molecule is CC(C)N(CCCC(=O)O)C(=O)C1(CN)CCCCC1. The Morgan fingerprint density at radius 2 is 1.85 bits per heavy atom. The molecule has 0 heterocycles. The number of carbonyl (C=O) groups is 2. The summed E-state index contributed by atoms with van der Waals surface area (Å²) in [4.78, 5) is 25.3. The number of nitrogens with two attached hydrogens (primary N) is 1. The van der Waals surface area contributed by atoms with Crippen LogP contribution < -0.4 is 5.73 Å². The number of aliphatic carboxylic acids is 1. The summed E-state index contributed by atoms with van der Waals surface area (Å²) < 4.78 is 0. The average Bonchev–Trinajstić information content (AvgIpc) is 2.43. The molecule has 1 saturated carbocycles. The van der Waals surface area contributed by atoms with Crippen molar-refractivity contribution in [3.8, 4) is 0 Å². The summed E-state index contributed by atoms with van der Waals surface area (Å²) in [6.45, 7) is 4.86. The third kappa shape index (κ3) is 4.20. The van der Waals surface area contributed by atoms with Gasteiger partial charge in [-0.3, -0.25) is 9.59 Å². The van der Waals surface area contributed by atoms with E-state index in [9.17, 15) is 9.59 Å². The van der Waals surface area contributed by atoms with Crippen LogP contribution >= 0.6 is 0 Å². The van der Waals surface area contributed by atoms with Crippen LogP contribution in [0, 0.1) is 5.41 Å². The Kier molecular flexibility index (Phi) is 6.46. The Balaban J connectivity index is 2.73. The van der Waals surface area contributed by atoms with E-state index in [1.807, 2.05) is 18.7 Å². The molecule has 0 aromatic carbocycles. The van der Waals surface area contributed by atoms with Crippen molar-refractivity contribution in [2.75, 3.05) is 13.1 Å². The smallest absolute Gasteiger partial charge is 0.303 e. The van der Waals surface area contributed by atoms with Gasteiger partial charge in [-0.05, 0) is 33.1 Å². The first kappa shape index (κ1) is 17.0. The summed E-state index contributed by atoms with van der Waals surface area (Å²) in [7, 11) is 0. The molecule has 1 amide bonds. The Bertz CT molecular complexity index is 336. The van der Waals surface area contributed by atoms with Crippen LogP contribution in [-0.2, 0) is 9.59 Å². The van der Waals surface area contributed by atoms with Gasteiger partial charge < -0.3 is 15.7 Å². The van der Waals surface area contributed by atoms with Gasteiger partial charge in [0, 0.05) is 25.6 Å². The highest BCUT2D eigenvalue weighted by Crippen LogP contribution is 2.37. The molecule has 0 aromatic heterocycles. The minimum Gasteiger partial charge on any atom is -0.481 e. The fourth-order valence-electron chi connectivity index (χ4n) is 3.03. The van der Waals surface area contributed by atoms with E-state index in [1.54, 1.807) is 0 Å². The minimum absolute atomic E-state index is 0.0849. The molecule has 5 heteroatoms. The predicted octanol–water partition coefficient (Wildman–Crippen LogP) is 2.00. The van der Waals surface area contributed by atoms with Crippen LogP contribution in [0.4, 0.5) is 0 Å². The van der Waals surface area contributed by atoms with E-state index in [1.165, 1.54) is 6.42 Å². The van der Waals surface area contributed by atoms with Gasteiger partial charge in [0.15, 0.2) is 0 Å². The molecule has 0 spiro atoms. The quantitative estimate of drug-likeness (QED) is 0.749. The molecule has 5 nitrogen and oxygen atoms in total. The van der Waals surface area contributed by atoms with Crippen molar-refractivity contribution >= 4 is 11.9 Å². The van der Waals surface area contributed by atoms with Crippen LogP contribution in [0.3, 0.4) is 0 Å². The molecular weight excluding hydrogens is 256 g/mol. The number of carboxylic acid groups (broad SMARTS) is 1. The van der Waals surface area contributed by atoms with Crippen LogP contribution in [0.1, 0.15) is 58.8 Å². The Morgan fingerprint density at radius 1 is 1.25 bits per heavy atom. The number of nitrogens with zero attached hydrogens (tertiary/aromatic N) is 1. The number of hydrogen-bond donors (Lipinski definition) is 2. The molecule has 1 rings (SSSR count). The Hall–Kier alpha value is -1.10. The number of carbonyl (C=O) groups excluding carboxylic acids is 1. The molecule has 0 radical (unpaired) electrons. The molecule has 3 N–H and O–H groups in total. The molecule has 0 saturated heterocycles. The first-order chi connectivity index (χ1) is 9.43. The van der Waals surface area contributed by atoms with Gasteiger partial charge in [-0.25, -0.2) is 0 Å². The molecule has 116 valence electrons. The summed E-state index contributed by atoms with van der Waals surface area (Å²) in [6, 6.07) is 0.0849. The highest BCUT2D eigenvalue weighted by atomic mass is 16.4. The zero-order chi connectivity index (χ0) is 15.2. The fourth-order valence-corrected chi connectivity index (χ4v) is 3.03. The van der Waals surface area contributed by atoms with Crippen LogP contribution in [0.5, 0.6) is 0 Å². The monoisotopic (exact) mass is 284 g/mol. The van der Waals surface area contributed by atoms with E-state index >= 15 is 0 Å². The van der Waals surface area contributed by atoms with Gasteiger partial charge in [0.2, 0.25) is 5.91 Å². The summed E-state index contributed by atoms with van der Waals surface area (Å²) in [6.07, 6.45) is 5.63. The normalized spacial score (nSPS) is 18.0. The second-order valence-electron chi connectivity index (χ2n) is 6.13. The van der Waals surface area contributed by atoms with E-state index in [0.717, 1.165) is 25.7 Å². The van der Waals surface area contributed by atoms with Crippen LogP contribution in [-0.4, -0.2) is 41.0 Å². The maximum absolute atomic E-state index is 12.9. The van der Waals surface area contributed by atoms with Crippen LogP contribution in [0.15, 0.2) is 0 Å². The van der Waals surface area contributed by atoms with Crippen molar-refractivity contribution in [3.63, 3.8) is 0 Å². The van der Waals surface area contributed by atoms with Crippen LogP contribution in [0.25, 0.3) is 0 Å². The van der Waals surface area contributed by atoms with Crippen molar-refractivity contribution in [2.24, 2.45) is 11.1 Å². The second-order valence-corrected chi connectivity index (χ2v) is 6.13. The molecule has 20 heavy (non-hydrogen) atoms. The number of rotatable bonds is 7. The third-order valence-electron chi connectivity index (χ3n) is 4.33. The summed E-state index contributed by atoms with van der Waals surface area (Å²) in [5.74, 6) is -0.688. The fraction of sp³-hybridized carbons (Fsp3) is 0.867. The lowest BCUT2D eigenvalue weighted by Crippen LogP contribution is -2.51. The molecule has 0 unspecified atom stereocenters. The summed E-state index contributed by atoms with van der Waals surface area (Å²) in [5.41, 5.74) is 5.50.